The smallest absolute Gasteiger partial charge is 0.181 e. The van der Waals surface area contributed by atoms with E-state index in [2.05, 4.69) is 30.0 Å². The molecule has 1 aliphatic rings. The summed E-state index contributed by atoms with van der Waals surface area (Å²) in [7, 11) is 0. The van der Waals surface area contributed by atoms with Gasteiger partial charge >= 0.3 is 0 Å². The third-order valence-electron chi connectivity index (χ3n) is 3.36. The van der Waals surface area contributed by atoms with Crippen molar-refractivity contribution in [3.8, 4) is 0 Å². The summed E-state index contributed by atoms with van der Waals surface area (Å²) in [6.45, 7) is 2.53. The van der Waals surface area contributed by atoms with Gasteiger partial charge < -0.3 is 9.72 Å². The predicted molar refractivity (Wildman–Crippen MR) is 71.8 cm³/mol. The lowest BCUT2D eigenvalue weighted by molar-refractivity contribution is 0.00963. The van der Waals surface area contributed by atoms with Gasteiger partial charge in [0.25, 0.3) is 0 Å². The number of imidazole rings is 1. The van der Waals surface area contributed by atoms with Crippen LogP contribution in [0.5, 0.6) is 0 Å². The van der Waals surface area contributed by atoms with Gasteiger partial charge in [-0.05, 0) is 31.7 Å². The van der Waals surface area contributed by atoms with Crippen molar-refractivity contribution in [2.75, 3.05) is 6.61 Å². The molecule has 3 heterocycles. The van der Waals surface area contributed by atoms with Gasteiger partial charge in [-0.2, -0.15) is 0 Å². The van der Waals surface area contributed by atoms with Gasteiger partial charge in [0.2, 0.25) is 0 Å². The molecule has 1 fully saturated rings. The Hall–Kier alpha value is -2.18. The van der Waals surface area contributed by atoms with Crippen molar-refractivity contribution in [3.05, 3.63) is 28.3 Å². The van der Waals surface area contributed by atoms with Crippen molar-refractivity contribution in [2.24, 2.45) is 5.11 Å². The first kappa shape index (κ1) is 12.8. The molecular weight excluding hydrogens is 258 g/mol. The second kappa shape index (κ2) is 5.44. The van der Waals surface area contributed by atoms with Gasteiger partial charge in [0.15, 0.2) is 11.5 Å². The standard InChI is InChI=1S/C12H15N7O/c1-7(18-19-13)10-15-8-6-14-12(17-11(8)16-10)9-4-2-3-5-20-9/h6-7,9H,2-5H2,1H3,(H,14,15,16,17). The molecule has 1 saturated heterocycles. The number of hydrogen-bond acceptors (Lipinski definition) is 5. The number of H-pyrrole nitrogens is 1. The van der Waals surface area contributed by atoms with E-state index in [0.29, 0.717) is 17.3 Å². The molecule has 0 amide bonds. The topological polar surface area (TPSA) is 112 Å². The Labute approximate surface area is 115 Å². The molecule has 0 saturated carbocycles. The molecule has 0 bridgehead atoms. The molecule has 2 aromatic rings. The van der Waals surface area contributed by atoms with Crippen LogP contribution in [0.2, 0.25) is 0 Å². The van der Waals surface area contributed by atoms with Crippen LogP contribution >= 0.6 is 0 Å². The Kier molecular flexibility index (Phi) is 3.49. The molecule has 20 heavy (non-hydrogen) atoms. The number of azide groups is 1. The number of ether oxygens (including phenoxy) is 1. The normalized spacial score (nSPS) is 20.6. The van der Waals surface area contributed by atoms with Gasteiger partial charge in [-0.3, -0.25) is 0 Å². The van der Waals surface area contributed by atoms with Gasteiger partial charge in [0, 0.05) is 11.5 Å². The minimum Gasteiger partial charge on any atom is -0.370 e. The lowest BCUT2D eigenvalue weighted by Crippen LogP contribution is -2.14. The van der Waals surface area contributed by atoms with Crippen LogP contribution < -0.4 is 0 Å². The van der Waals surface area contributed by atoms with E-state index in [4.69, 9.17) is 10.3 Å². The van der Waals surface area contributed by atoms with E-state index in [1.165, 1.54) is 0 Å². The molecule has 8 heteroatoms. The Morgan fingerprint density at radius 1 is 1.50 bits per heavy atom. The van der Waals surface area contributed by atoms with Gasteiger partial charge in [-0.25, -0.2) is 15.0 Å². The minimum atomic E-state index is -0.358. The van der Waals surface area contributed by atoms with E-state index in [-0.39, 0.29) is 12.1 Å². The second-order valence-corrected chi connectivity index (χ2v) is 4.82. The zero-order valence-electron chi connectivity index (χ0n) is 11.2. The highest BCUT2D eigenvalue weighted by Crippen LogP contribution is 2.26. The summed E-state index contributed by atoms with van der Waals surface area (Å²) in [6, 6.07) is -0.358. The summed E-state index contributed by atoms with van der Waals surface area (Å²) >= 11 is 0. The number of aromatic nitrogens is 4. The maximum atomic E-state index is 8.46. The van der Waals surface area contributed by atoms with Crippen molar-refractivity contribution >= 4 is 11.2 Å². The summed E-state index contributed by atoms with van der Waals surface area (Å²) in [4.78, 5) is 19.0. The first-order chi connectivity index (χ1) is 9.78. The van der Waals surface area contributed by atoms with Gasteiger partial charge in [0.05, 0.1) is 12.2 Å². The number of hydrogen-bond donors (Lipinski definition) is 1. The summed E-state index contributed by atoms with van der Waals surface area (Å²) < 4.78 is 5.68. The molecule has 2 aromatic heterocycles. The third-order valence-corrected chi connectivity index (χ3v) is 3.36. The summed E-state index contributed by atoms with van der Waals surface area (Å²) in [5.74, 6) is 1.26. The van der Waals surface area contributed by atoms with E-state index < -0.39 is 0 Å². The van der Waals surface area contributed by atoms with Crippen molar-refractivity contribution in [1.29, 1.82) is 0 Å². The van der Waals surface area contributed by atoms with E-state index >= 15 is 0 Å². The molecule has 3 rings (SSSR count). The van der Waals surface area contributed by atoms with E-state index in [1.54, 1.807) is 13.1 Å². The molecular formula is C12H15N7O. The first-order valence-corrected chi connectivity index (χ1v) is 6.66. The van der Waals surface area contributed by atoms with Crippen molar-refractivity contribution in [2.45, 2.75) is 38.3 Å². The third kappa shape index (κ3) is 2.43. The molecule has 2 atom stereocenters. The minimum absolute atomic E-state index is 0.0390. The Morgan fingerprint density at radius 3 is 3.15 bits per heavy atom. The molecule has 2 unspecified atom stereocenters. The first-order valence-electron chi connectivity index (χ1n) is 6.66. The van der Waals surface area contributed by atoms with Crippen LogP contribution in [0, 0.1) is 0 Å². The van der Waals surface area contributed by atoms with Crippen molar-refractivity contribution < 1.29 is 4.74 Å². The van der Waals surface area contributed by atoms with Crippen LogP contribution in [0.25, 0.3) is 21.6 Å². The second-order valence-electron chi connectivity index (χ2n) is 4.82. The highest BCUT2D eigenvalue weighted by atomic mass is 16.5. The summed E-state index contributed by atoms with van der Waals surface area (Å²) in [5, 5.41) is 3.62. The molecule has 1 aliphatic heterocycles. The average molecular weight is 273 g/mol. The fourth-order valence-corrected chi connectivity index (χ4v) is 2.27. The molecule has 0 aliphatic carbocycles. The fraction of sp³-hybridized carbons (Fsp3) is 0.583. The number of aromatic amines is 1. The zero-order chi connectivity index (χ0) is 13.9. The van der Waals surface area contributed by atoms with E-state index in [0.717, 1.165) is 31.4 Å². The number of nitrogens with one attached hydrogen (secondary N) is 1. The Morgan fingerprint density at radius 2 is 2.40 bits per heavy atom. The largest absolute Gasteiger partial charge is 0.370 e. The lowest BCUT2D eigenvalue weighted by atomic mass is 10.1. The maximum Gasteiger partial charge on any atom is 0.181 e. The molecule has 8 nitrogen and oxygen atoms in total. The molecule has 0 aromatic carbocycles. The Bertz CT molecular complexity index is 655. The Balaban J connectivity index is 1.92. The summed E-state index contributed by atoms with van der Waals surface area (Å²) in [6.07, 6.45) is 4.83. The zero-order valence-corrected chi connectivity index (χ0v) is 11.2. The maximum absolute atomic E-state index is 8.46. The van der Waals surface area contributed by atoms with Gasteiger partial charge in [-0.1, -0.05) is 5.11 Å². The summed E-state index contributed by atoms with van der Waals surface area (Å²) in [5.41, 5.74) is 9.78. The van der Waals surface area contributed by atoms with E-state index in [1.807, 2.05) is 0 Å². The molecule has 0 radical (unpaired) electrons. The van der Waals surface area contributed by atoms with E-state index in [9.17, 15) is 0 Å². The van der Waals surface area contributed by atoms with Crippen LogP contribution in [-0.2, 0) is 4.74 Å². The molecule has 0 spiro atoms. The van der Waals surface area contributed by atoms with Gasteiger partial charge in [-0.15, -0.1) is 0 Å². The fourth-order valence-electron chi connectivity index (χ4n) is 2.27. The number of nitrogens with zero attached hydrogens (tertiary/aromatic N) is 6. The van der Waals surface area contributed by atoms with Crippen LogP contribution in [0.15, 0.2) is 11.3 Å². The van der Waals surface area contributed by atoms with Crippen molar-refractivity contribution in [1.82, 2.24) is 19.9 Å². The SMILES string of the molecule is CC(N=[N+]=[N-])c1nc2nc(C3CCCCO3)ncc2[nH]1. The highest BCUT2D eigenvalue weighted by molar-refractivity contribution is 5.69. The quantitative estimate of drug-likeness (QED) is 0.526. The van der Waals surface area contributed by atoms with Gasteiger partial charge in [0.1, 0.15) is 17.4 Å². The van der Waals surface area contributed by atoms with Crippen LogP contribution in [-0.4, -0.2) is 26.5 Å². The average Bonchev–Trinajstić information content (AvgIpc) is 2.91. The van der Waals surface area contributed by atoms with Crippen LogP contribution in [0.4, 0.5) is 0 Å². The molecule has 1 N–H and O–H groups in total. The van der Waals surface area contributed by atoms with Crippen LogP contribution in [0.1, 0.15) is 50.0 Å². The highest BCUT2D eigenvalue weighted by Gasteiger charge is 2.20. The van der Waals surface area contributed by atoms with Crippen molar-refractivity contribution in [3.63, 3.8) is 0 Å². The monoisotopic (exact) mass is 273 g/mol. The molecule has 104 valence electrons. The van der Waals surface area contributed by atoms with Crippen LogP contribution in [0.3, 0.4) is 0 Å². The lowest BCUT2D eigenvalue weighted by Gasteiger charge is -2.20. The number of fused-ring (bicyclic) bond motifs is 1. The number of rotatable bonds is 3. The predicted octanol–water partition coefficient (Wildman–Crippen LogP) is 2.97.